The standard InChI is InChI=1S/C16H22N4O/c1-4-7-17-14-6-5-12(2)10-13(14)16(21)19-11-15-18-8-9-20(15)3/h5-6,8-10,17H,4,7,11H2,1-3H3,(H,19,21). The van der Waals surface area contributed by atoms with Crippen LogP contribution in [-0.4, -0.2) is 22.0 Å². The average Bonchev–Trinajstić information content (AvgIpc) is 2.88. The highest BCUT2D eigenvalue weighted by molar-refractivity contribution is 5.99. The van der Waals surface area contributed by atoms with Crippen molar-refractivity contribution >= 4 is 11.6 Å². The summed E-state index contributed by atoms with van der Waals surface area (Å²) in [6.45, 7) is 5.35. The van der Waals surface area contributed by atoms with E-state index in [1.54, 1.807) is 6.20 Å². The van der Waals surface area contributed by atoms with Crippen molar-refractivity contribution in [2.45, 2.75) is 26.8 Å². The van der Waals surface area contributed by atoms with Crippen LogP contribution in [0.2, 0.25) is 0 Å². The zero-order valence-corrected chi connectivity index (χ0v) is 12.8. The van der Waals surface area contributed by atoms with Crippen LogP contribution in [0, 0.1) is 6.92 Å². The topological polar surface area (TPSA) is 59.0 Å². The Kier molecular flexibility index (Phi) is 4.98. The second-order valence-electron chi connectivity index (χ2n) is 5.11. The highest BCUT2D eigenvalue weighted by atomic mass is 16.1. The molecule has 0 radical (unpaired) electrons. The van der Waals surface area contributed by atoms with E-state index in [1.807, 2.05) is 42.9 Å². The molecule has 1 heterocycles. The number of anilines is 1. The fourth-order valence-corrected chi connectivity index (χ4v) is 2.08. The predicted molar refractivity (Wildman–Crippen MR) is 84.3 cm³/mol. The van der Waals surface area contributed by atoms with Crippen molar-refractivity contribution in [3.8, 4) is 0 Å². The molecule has 5 nitrogen and oxygen atoms in total. The molecule has 1 aromatic heterocycles. The Hall–Kier alpha value is -2.30. The van der Waals surface area contributed by atoms with Gasteiger partial charge in [0.05, 0.1) is 12.1 Å². The van der Waals surface area contributed by atoms with Crippen molar-refractivity contribution in [3.05, 3.63) is 47.5 Å². The number of hydrogen-bond donors (Lipinski definition) is 2. The Balaban J connectivity index is 2.10. The van der Waals surface area contributed by atoms with Gasteiger partial charge in [-0.3, -0.25) is 4.79 Å². The molecule has 0 saturated carbocycles. The molecule has 0 saturated heterocycles. The van der Waals surface area contributed by atoms with Crippen LogP contribution >= 0.6 is 0 Å². The molecule has 2 N–H and O–H groups in total. The van der Waals surface area contributed by atoms with Crippen LogP contribution in [0.25, 0.3) is 0 Å². The summed E-state index contributed by atoms with van der Waals surface area (Å²) < 4.78 is 1.90. The molecular formula is C16H22N4O. The van der Waals surface area contributed by atoms with Crippen LogP contribution in [-0.2, 0) is 13.6 Å². The molecule has 1 amide bonds. The summed E-state index contributed by atoms with van der Waals surface area (Å²) >= 11 is 0. The molecule has 0 aliphatic heterocycles. The molecular weight excluding hydrogens is 264 g/mol. The average molecular weight is 286 g/mol. The molecule has 0 bridgehead atoms. The smallest absolute Gasteiger partial charge is 0.253 e. The molecule has 0 spiro atoms. The first-order valence-electron chi connectivity index (χ1n) is 7.20. The van der Waals surface area contributed by atoms with E-state index in [-0.39, 0.29) is 5.91 Å². The summed E-state index contributed by atoms with van der Waals surface area (Å²) in [4.78, 5) is 16.6. The number of carbonyl (C=O) groups excluding carboxylic acids is 1. The summed E-state index contributed by atoms with van der Waals surface area (Å²) in [6.07, 6.45) is 4.60. The lowest BCUT2D eigenvalue weighted by Gasteiger charge is -2.12. The number of hydrogen-bond acceptors (Lipinski definition) is 3. The quantitative estimate of drug-likeness (QED) is 0.857. The van der Waals surface area contributed by atoms with Gasteiger partial charge in [0, 0.05) is 31.7 Å². The number of imidazole rings is 1. The Morgan fingerprint density at radius 2 is 2.19 bits per heavy atom. The van der Waals surface area contributed by atoms with E-state index in [9.17, 15) is 4.79 Å². The lowest BCUT2D eigenvalue weighted by Crippen LogP contribution is -2.25. The molecule has 112 valence electrons. The van der Waals surface area contributed by atoms with Gasteiger partial charge in [0.25, 0.3) is 5.91 Å². The normalized spacial score (nSPS) is 10.4. The lowest BCUT2D eigenvalue weighted by molar-refractivity contribution is 0.0950. The van der Waals surface area contributed by atoms with Crippen molar-refractivity contribution in [2.24, 2.45) is 7.05 Å². The summed E-state index contributed by atoms with van der Waals surface area (Å²) in [5, 5.41) is 6.22. The van der Waals surface area contributed by atoms with Gasteiger partial charge in [0.2, 0.25) is 0 Å². The molecule has 0 unspecified atom stereocenters. The Bertz CT molecular complexity index is 618. The zero-order valence-electron chi connectivity index (χ0n) is 12.8. The number of nitrogens with zero attached hydrogens (tertiary/aromatic N) is 2. The van der Waals surface area contributed by atoms with Crippen LogP contribution < -0.4 is 10.6 Å². The number of aromatic nitrogens is 2. The third-order valence-corrected chi connectivity index (χ3v) is 3.31. The van der Waals surface area contributed by atoms with Crippen LogP contribution in [0.15, 0.2) is 30.6 Å². The number of aryl methyl sites for hydroxylation is 2. The monoisotopic (exact) mass is 286 g/mol. The molecule has 0 fully saturated rings. The van der Waals surface area contributed by atoms with E-state index in [0.29, 0.717) is 12.1 Å². The second-order valence-corrected chi connectivity index (χ2v) is 5.11. The van der Waals surface area contributed by atoms with Crippen molar-refractivity contribution in [3.63, 3.8) is 0 Å². The SMILES string of the molecule is CCCNc1ccc(C)cc1C(=O)NCc1nccn1C. The van der Waals surface area contributed by atoms with E-state index in [0.717, 1.165) is 30.0 Å². The number of benzene rings is 1. The maximum Gasteiger partial charge on any atom is 0.253 e. The van der Waals surface area contributed by atoms with Gasteiger partial charge in [-0.15, -0.1) is 0 Å². The Morgan fingerprint density at radius 3 is 2.86 bits per heavy atom. The van der Waals surface area contributed by atoms with Gasteiger partial charge < -0.3 is 15.2 Å². The van der Waals surface area contributed by atoms with Gasteiger partial charge in [0.15, 0.2) is 0 Å². The largest absolute Gasteiger partial charge is 0.384 e. The van der Waals surface area contributed by atoms with E-state index in [4.69, 9.17) is 0 Å². The van der Waals surface area contributed by atoms with E-state index < -0.39 is 0 Å². The zero-order chi connectivity index (χ0) is 15.2. The molecule has 21 heavy (non-hydrogen) atoms. The minimum Gasteiger partial charge on any atom is -0.384 e. The molecule has 0 atom stereocenters. The fourth-order valence-electron chi connectivity index (χ4n) is 2.08. The van der Waals surface area contributed by atoms with Crippen molar-refractivity contribution < 1.29 is 4.79 Å². The maximum absolute atomic E-state index is 12.4. The summed E-state index contributed by atoms with van der Waals surface area (Å²) in [5.74, 6) is 0.749. The van der Waals surface area contributed by atoms with Gasteiger partial charge >= 0.3 is 0 Å². The second kappa shape index (κ2) is 6.92. The third-order valence-electron chi connectivity index (χ3n) is 3.31. The molecule has 5 heteroatoms. The van der Waals surface area contributed by atoms with Gasteiger partial charge in [-0.2, -0.15) is 0 Å². The first kappa shape index (κ1) is 15.1. The van der Waals surface area contributed by atoms with Crippen LogP contribution in [0.4, 0.5) is 5.69 Å². The van der Waals surface area contributed by atoms with Gasteiger partial charge in [-0.05, 0) is 25.5 Å². The first-order chi connectivity index (χ1) is 10.1. The van der Waals surface area contributed by atoms with Gasteiger partial charge in [-0.25, -0.2) is 4.98 Å². The highest BCUT2D eigenvalue weighted by Crippen LogP contribution is 2.17. The van der Waals surface area contributed by atoms with E-state index >= 15 is 0 Å². The van der Waals surface area contributed by atoms with Crippen molar-refractivity contribution in [1.29, 1.82) is 0 Å². The predicted octanol–water partition coefficient (Wildman–Crippen LogP) is 2.48. The first-order valence-corrected chi connectivity index (χ1v) is 7.20. The Morgan fingerprint density at radius 1 is 1.38 bits per heavy atom. The summed E-state index contributed by atoms with van der Waals surface area (Å²) in [5.41, 5.74) is 2.62. The minimum atomic E-state index is -0.0831. The number of amides is 1. The summed E-state index contributed by atoms with van der Waals surface area (Å²) in [6, 6.07) is 5.87. The number of rotatable bonds is 6. The molecule has 0 aliphatic carbocycles. The van der Waals surface area contributed by atoms with E-state index in [2.05, 4.69) is 22.5 Å². The number of carbonyl (C=O) groups is 1. The summed E-state index contributed by atoms with van der Waals surface area (Å²) in [7, 11) is 1.91. The fraction of sp³-hybridized carbons (Fsp3) is 0.375. The molecule has 2 rings (SSSR count). The maximum atomic E-state index is 12.4. The van der Waals surface area contributed by atoms with Gasteiger partial charge in [0.1, 0.15) is 5.82 Å². The minimum absolute atomic E-state index is 0.0831. The van der Waals surface area contributed by atoms with Crippen molar-refractivity contribution in [1.82, 2.24) is 14.9 Å². The van der Waals surface area contributed by atoms with Crippen molar-refractivity contribution in [2.75, 3.05) is 11.9 Å². The Labute approximate surface area is 125 Å². The lowest BCUT2D eigenvalue weighted by atomic mass is 10.1. The third kappa shape index (κ3) is 3.84. The highest BCUT2D eigenvalue weighted by Gasteiger charge is 2.12. The van der Waals surface area contributed by atoms with Crippen LogP contribution in [0.1, 0.15) is 35.1 Å². The van der Waals surface area contributed by atoms with Gasteiger partial charge in [-0.1, -0.05) is 18.6 Å². The molecule has 0 aliphatic rings. The van der Waals surface area contributed by atoms with E-state index in [1.165, 1.54) is 0 Å². The molecule has 1 aromatic carbocycles. The molecule has 2 aromatic rings. The number of nitrogens with one attached hydrogen (secondary N) is 2. The van der Waals surface area contributed by atoms with Crippen LogP contribution in [0.3, 0.4) is 0 Å². The van der Waals surface area contributed by atoms with Crippen LogP contribution in [0.5, 0.6) is 0 Å².